The first-order valence-corrected chi connectivity index (χ1v) is 6.15. The third kappa shape index (κ3) is 4.53. The molecule has 0 aliphatic carbocycles. The van der Waals surface area contributed by atoms with Gasteiger partial charge < -0.3 is 14.4 Å². The molecule has 0 radical (unpaired) electrons. The van der Waals surface area contributed by atoms with Gasteiger partial charge in [-0.05, 0) is 30.1 Å². The Labute approximate surface area is 116 Å². The van der Waals surface area contributed by atoms with E-state index in [4.69, 9.17) is 32.7 Å². The molecule has 8 heteroatoms. The minimum Gasteiger partial charge on any atom is -0.383 e. The molecule has 0 fully saturated rings. The third-order valence-corrected chi connectivity index (χ3v) is 2.64. The van der Waals surface area contributed by atoms with Crippen LogP contribution in [0.1, 0.15) is 6.92 Å². The van der Waals surface area contributed by atoms with Crippen molar-refractivity contribution < 1.29 is 9.47 Å². The smallest absolute Gasteiger partial charge is 0.231 e. The van der Waals surface area contributed by atoms with E-state index in [1.807, 2.05) is 11.8 Å². The number of halogens is 2. The molecule has 0 aliphatic heterocycles. The van der Waals surface area contributed by atoms with Crippen molar-refractivity contribution in [2.24, 2.45) is 0 Å². The predicted octanol–water partition coefficient (Wildman–Crippen LogP) is 1.67. The molecule has 0 aromatic carbocycles. The Morgan fingerprint density at radius 3 is 2.22 bits per heavy atom. The van der Waals surface area contributed by atoms with E-state index in [9.17, 15) is 0 Å². The van der Waals surface area contributed by atoms with Gasteiger partial charge in [-0.1, -0.05) is 0 Å². The summed E-state index contributed by atoms with van der Waals surface area (Å²) in [6, 6.07) is 0.0692. The minimum atomic E-state index is 0.0667. The Bertz CT molecular complexity index is 361. The van der Waals surface area contributed by atoms with Crippen LogP contribution in [0.4, 0.5) is 5.95 Å². The zero-order valence-electron chi connectivity index (χ0n) is 10.6. The average molecular weight is 295 g/mol. The maximum atomic E-state index is 5.77. The van der Waals surface area contributed by atoms with E-state index in [1.165, 1.54) is 0 Å². The van der Waals surface area contributed by atoms with Crippen molar-refractivity contribution in [2.45, 2.75) is 13.0 Å². The molecule has 0 spiro atoms. The number of anilines is 1. The van der Waals surface area contributed by atoms with E-state index in [-0.39, 0.29) is 16.6 Å². The fourth-order valence-corrected chi connectivity index (χ4v) is 1.84. The van der Waals surface area contributed by atoms with Crippen LogP contribution in [0, 0.1) is 0 Å². The first-order valence-electron chi connectivity index (χ1n) is 5.40. The highest BCUT2D eigenvalue weighted by molar-refractivity contribution is 6.31. The minimum absolute atomic E-state index is 0.0667. The van der Waals surface area contributed by atoms with Gasteiger partial charge in [-0.2, -0.15) is 15.0 Å². The van der Waals surface area contributed by atoms with Gasteiger partial charge in [0.25, 0.3) is 0 Å². The Kier molecular flexibility index (Phi) is 6.56. The lowest BCUT2D eigenvalue weighted by atomic mass is 10.3. The molecule has 1 rings (SSSR count). The Morgan fingerprint density at radius 2 is 1.72 bits per heavy atom. The highest BCUT2D eigenvalue weighted by atomic mass is 35.5. The fourth-order valence-electron chi connectivity index (χ4n) is 1.48. The number of aromatic nitrogens is 3. The standard InChI is InChI=1S/C10H16Cl2N4O2/c1-7(6-18-3)16(4-5-17-2)10-14-8(11)13-9(12)15-10/h7H,4-6H2,1-3H3. The summed E-state index contributed by atoms with van der Waals surface area (Å²) in [4.78, 5) is 13.8. The largest absolute Gasteiger partial charge is 0.383 e. The van der Waals surface area contributed by atoms with Gasteiger partial charge in [0, 0.05) is 20.8 Å². The van der Waals surface area contributed by atoms with Crippen molar-refractivity contribution in [3.63, 3.8) is 0 Å². The normalized spacial score (nSPS) is 12.5. The molecule has 0 saturated carbocycles. The lowest BCUT2D eigenvalue weighted by molar-refractivity contribution is 0.170. The van der Waals surface area contributed by atoms with Gasteiger partial charge in [0.2, 0.25) is 16.5 Å². The van der Waals surface area contributed by atoms with E-state index in [0.29, 0.717) is 25.7 Å². The van der Waals surface area contributed by atoms with Crippen LogP contribution in [0.15, 0.2) is 0 Å². The van der Waals surface area contributed by atoms with Crippen LogP contribution >= 0.6 is 23.2 Å². The second-order valence-corrected chi connectivity index (χ2v) is 4.34. The summed E-state index contributed by atoms with van der Waals surface area (Å²) >= 11 is 11.5. The average Bonchev–Trinajstić information content (AvgIpc) is 2.28. The van der Waals surface area contributed by atoms with E-state index in [1.54, 1.807) is 14.2 Å². The first kappa shape index (κ1) is 15.4. The molecule has 0 N–H and O–H groups in total. The van der Waals surface area contributed by atoms with E-state index in [2.05, 4.69) is 15.0 Å². The zero-order valence-corrected chi connectivity index (χ0v) is 12.1. The lowest BCUT2D eigenvalue weighted by Crippen LogP contribution is -2.40. The number of methoxy groups -OCH3 is 2. The molecule has 18 heavy (non-hydrogen) atoms. The van der Waals surface area contributed by atoms with Crippen molar-refractivity contribution >= 4 is 29.2 Å². The SMILES string of the molecule is COCCN(c1nc(Cl)nc(Cl)n1)C(C)COC. The lowest BCUT2D eigenvalue weighted by Gasteiger charge is -2.28. The summed E-state index contributed by atoms with van der Waals surface area (Å²) in [5.74, 6) is 0.418. The van der Waals surface area contributed by atoms with Gasteiger partial charge in [0.15, 0.2) is 0 Å². The first-order chi connectivity index (χ1) is 8.58. The van der Waals surface area contributed by atoms with E-state index in [0.717, 1.165) is 0 Å². The van der Waals surface area contributed by atoms with Crippen LogP contribution in [0.25, 0.3) is 0 Å². The van der Waals surface area contributed by atoms with Crippen LogP contribution < -0.4 is 4.90 Å². The van der Waals surface area contributed by atoms with Crippen molar-refractivity contribution in [3.05, 3.63) is 10.6 Å². The molecule has 0 amide bonds. The van der Waals surface area contributed by atoms with Gasteiger partial charge in [0.1, 0.15) is 0 Å². The van der Waals surface area contributed by atoms with E-state index >= 15 is 0 Å². The maximum Gasteiger partial charge on any atom is 0.231 e. The van der Waals surface area contributed by atoms with Crippen LogP contribution in [0.5, 0.6) is 0 Å². The maximum absolute atomic E-state index is 5.77. The molecule has 0 saturated heterocycles. The van der Waals surface area contributed by atoms with Crippen LogP contribution in [0.2, 0.25) is 10.6 Å². The zero-order chi connectivity index (χ0) is 13.5. The molecule has 1 aromatic heterocycles. The van der Waals surface area contributed by atoms with Gasteiger partial charge in [-0.15, -0.1) is 0 Å². The van der Waals surface area contributed by atoms with Gasteiger partial charge >= 0.3 is 0 Å². The van der Waals surface area contributed by atoms with Crippen LogP contribution in [-0.4, -0.2) is 55.0 Å². The third-order valence-electron chi connectivity index (χ3n) is 2.30. The highest BCUT2D eigenvalue weighted by Gasteiger charge is 2.18. The summed E-state index contributed by atoms with van der Waals surface area (Å²) in [5, 5.41) is 0.133. The molecule has 0 bridgehead atoms. The summed E-state index contributed by atoms with van der Waals surface area (Å²) < 4.78 is 10.2. The van der Waals surface area contributed by atoms with Crippen LogP contribution in [-0.2, 0) is 9.47 Å². The molecule has 6 nitrogen and oxygen atoms in total. The quantitative estimate of drug-likeness (QED) is 0.762. The number of nitrogens with zero attached hydrogens (tertiary/aromatic N) is 4. The fraction of sp³-hybridized carbons (Fsp3) is 0.700. The molecular formula is C10H16Cl2N4O2. The Morgan fingerprint density at radius 1 is 1.11 bits per heavy atom. The second kappa shape index (κ2) is 7.68. The summed E-state index contributed by atoms with van der Waals surface area (Å²) in [7, 11) is 3.27. The second-order valence-electron chi connectivity index (χ2n) is 3.66. The summed E-state index contributed by atoms with van der Waals surface area (Å²) in [5.41, 5.74) is 0. The molecule has 1 aromatic rings. The molecule has 1 heterocycles. The highest BCUT2D eigenvalue weighted by Crippen LogP contribution is 2.16. The van der Waals surface area contributed by atoms with E-state index < -0.39 is 0 Å². The number of ether oxygens (including phenoxy) is 2. The van der Waals surface area contributed by atoms with Gasteiger partial charge in [-0.3, -0.25) is 0 Å². The molecule has 1 unspecified atom stereocenters. The number of hydrogen-bond donors (Lipinski definition) is 0. The Hall–Kier alpha value is -0.690. The molecule has 0 aliphatic rings. The topological polar surface area (TPSA) is 60.4 Å². The Balaban J connectivity index is 2.92. The van der Waals surface area contributed by atoms with Crippen molar-refractivity contribution in [2.75, 3.05) is 38.9 Å². The van der Waals surface area contributed by atoms with Gasteiger partial charge in [-0.25, -0.2) is 0 Å². The van der Waals surface area contributed by atoms with Gasteiger partial charge in [0.05, 0.1) is 19.3 Å². The molecule has 102 valence electrons. The molecule has 1 atom stereocenters. The van der Waals surface area contributed by atoms with Crippen molar-refractivity contribution in [1.82, 2.24) is 15.0 Å². The van der Waals surface area contributed by atoms with Crippen LogP contribution in [0.3, 0.4) is 0 Å². The van der Waals surface area contributed by atoms with Crippen molar-refractivity contribution in [3.8, 4) is 0 Å². The number of hydrogen-bond acceptors (Lipinski definition) is 6. The number of rotatable bonds is 7. The monoisotopic (exact) mass is 294 g/mol. The summed E-state index contributed by atoms with van der Waals surface area (Å²) in [6.45, 7) is 3.67. The molecular weight excluding hydrogens is 279 g/mol. The summed E-state index contributed by atoms with van der Waals surface area (Å²) in [6.07, 6.45) is 0. The van der Waals surface area contributed by atoms with Crippen molar-refractivity contribution in [1.29, 1.82) is 0 Å². The predicted molar refractivity (Wildman–Crippen MR) is 70.4 cm³/mol.